The zero-order valence-corrected chi connectivity index (χ0v) is 14.8. The van der Waals surface area contributed by atoms with Crippen molar-refractivity contribution in [2.24, 2.45) is 5.41 Å². The molecule has 2 heterocycles. The molecule has 0 saturated heterocycles. The molecule has 136 valence electrons. The highest BCUT2D eigenvalue weighted by Gasteiger charge is 2.35. The van der Waals surface area contributed by atoms with E-state index in [1.807, 2.05) is 30.3 Å². The van der Waals surface area contributed by atoms with Crippen molar-refractivity contribution in [1.29, 1.82) is 0 Å². The van der Waals surface area contributed by atoms with Crippen LogP contribution in [0.5, 0.6) is 0 Å². The van der Waals surface area contributed by atoms with Crippen LogP contribution in [-0.4, -0.2) is 37.5 Å². The summed E-state index contributed by atoms with van der Waals surface area (Å²) in [5.41, 5.74) is 0.915. The molecule has 1 aliphatic carbocycles. The van der Waals surface area contributed by atoms with Crippen LogP contribution in [0, 0.1) is 5.41 Å². The summed E-state index contributed by atoms with van der Waals surface area (Å²) in [6, 6.07) is 9.60. The highest BCUT2D eigenvalue weighted by Crippen LogP contribution is 2.36. The van der Waals surface area contributed by atoms with Crippen LogP contribution in [-0.2, 0) is 0 Å². The highest BCUT2D eigenvalue weighted by atomic mass is 16.3. The van der Waals surface area contributed by atoms with Gasteiger partial charge in [0.1, 0.15) is 5.39 Å². The topological polar surface area (TPSA) is 95.8 Å². The van der Waals surface area contributed by atoms with Crippen molar-refractivity contribution in [2.45, 2.75) is 38.7 Å². The number of hydrogen-bond acceptors (Lipinski definition) is 5. The molecule has 0 spiro atoms. The Hall–Kier alpha value is -2.67. The summed E-state index contributed by atoms with van der Waals surface area (Å²) in [7, 11) is 0. The van der Waals surface area contributed by atoms with Crippen LogP contribution in [0.3, 0.4) is 0 Å². The predicted molar refractivity (Wildman–Crippen MR) is 101 cm³/mol. The first-order chi connectivity index (χ1) is 12.6. The average molecular weight is 353 g/mol. The number of aromatic amines is 1. The van der Waals surface area contributed by atoms with E-state index < -0.39 is 0 Å². The van der Waals surface area contributed by atoms with E-state index in [0.29, 0.717) is 23.5 Å². The van der Waals surface area contributed by atoms with E-state index in [4.69, 9.17) is 0 Å². The number of rotatable bonds is 4. The molecular weight excluding hydrogens is 330 g/mol. The largest absolute Gasteiger partial charge is 0.392 e. The summed E-state index contributed by atoms with van der Waals surface area (Å²) >= 11 is 0. The normalized spacial score (nSPS) is 23.2. The van der Waals surface area contributed by atoms with Crippen LogP contribution >= 0.6 is 0 Å². The Labute approximate surface area is 151 Å². The number of para-hydroxylation sites is 1. The zero-order valence-electron chi connectivity index (χ0n) is 14.8. The SMILES string of the molecule is CC1(CNc2nc3c(cnn3-c3ccccc3)c(=O)[nH]2)CCCCC1O. The Morgan fingerprint density at radius 2 is 2.15 bits per heavy atom. The molecule has 0 bridgehead atoms. The van der Waals surface area contributed by atoms with Crippen LogP contribution in [0.2, 0.25) is 0 Å². The lowest BCUT2D eigenvalue weighted by atomic mass is 9.73. The van der Waals surface area contributed by atoms with E-state index in [-0.39, 0.29) is 17.1 Å². The summed E-state index contributed by atoms with van der Waals surface area (Å²) < 4.78 is 1.66. The molecule has 1 aliphatic rings. The molecule has 7 heteroatoms. The predicted octanol–water partition coefficient (Wildman–Crippen LogP) is 2.46. The van der Waals surface area contributed by atoms with Crippen LogP contribution in [0.15, 0.2) is 41.3 Å². The number of nitrogens with one attached hydrogen (secondary N) is 2. The minimum Gasteiger partial charge on any atom is -0.392 e. The Morgan fingerprint density at radius 3 is 2.92 bits per heavy atom. The molecule has 3 aromatic rings. The quantitative estimate of drug-likeness (QED) is 0.670. The van der Waals surface area contributed by atoms with Gasteiger partial charge in [0.05, 0.1) is 18.0 Å². The number of aliphatic hydroxyl groups excluding tert-OH is 1. The molecule has 0 radical (unpaired) electrons. The number of hydrogen-bond donors (Lipinski definition) is 3. The maximum absolute atomic E-state index is 12.4. The highest BCUT2D eigenvalue weighted by molar-refractivity contribution is 5.76. The van der Waals surface area contributed by atoms with Crippen molar-refractivity contribution in [3.8, 4) is 5.69 Å². The Morgan fingerprint density at radius 1 is 1.35 bits per heavy atom. The number of aromatic nitrogens is 4. The van der Waals surface area contributed by atoms with Crippen molar-refractivity contribution in [3.05, 3.63) is 46.9 Å². The molecule has 0 amide bonds. The molecule has 3 N–H and O–H groups in total. The van der Waals surface area contributed by atoms with Crippen molar-refractivity contribution < 1.29 is 5.11 Å². The van der Waals surface area contributed by atoms with Crippen molar-refractivity contribution in [3.63, 3.8) is 0 Å². The first-order valence-electron chi connectivity index (χ1n) is 9.02. The van der Waals surface area contributed by atoms with Crippen LogP contribution in [0.4, 0.5) is 5.95 Å². The van der Waals surface area contributed by atoms with E-state index in [2.05, 4.69) is 27.3 Å². The fraction of sp³-hybridized carbons (Fsp3) is 0.421. The van der Waals surface area contributed by atoms with Gasteiger partial charge in [0, 0.05) is 12.0 Å². The molecule has 2 aromatic heterocycles. The van der Waals surface area contributed by atoms with Gasteiger partial charge in [-0.3, -0.25) is 9.78 Å². The zero-order chi connectivity index (χ0) is 18.1. The molecule has 7 nitrogen and oxygen atoms in total. The first-order valence-corrected chi connectivity index (χ1v) is 9.02. The van der Waals surface area contributed by atoms with Crippen molar-refractivity contribution >= 4 is 17.0 Å². The van der Waals surface area contributed by atoms with Gasteiger partial charge in [-0.2, -0.15) is 10.1 Å². The number of benzene rings is 1. The van der Waals surface area contributed by atoms with E-state index in [1.54, 1.807) is 4.68 Å². The molecule has 4 rings (SSSR count). The maximum atomic E-state index is 12.4. The van der Waals surface area contributed by atoms with E-state index in [0.717, 1.165) is 31.4 Å². The molecule has 26 heavy (non-hydrogen) atoms. The number of fused-ring (bicyclic) bond motifs is 1. The minimum atomic E-state index is -0.339. The smallest absolute Gasteiger partial charge is 0.263 e. The Kier molecular flexibility index (Phi) is 4.24. The summed E-state index contributed by atoms with van der Waals surface area (Å²) in [4.78, 5) is 19.7. The third-order valence-electron chi connectivity index (χ3n) is 5.38. The van der Waals surface area contributed by atoms with E-state index in [1.165, 1.54) is 6.20 Å². The van der Waals surface area contributed by atoms with Gasteiger partial charge in [-0.25, -0.2) is 4.68 Å². The molecule has 1 fully saturated rings. The average Bonchev–Trinajstić information content (AvgIpc) is 3.08. The Balaban J connectivity index is 1.65. The fourth-order valence-electron chi connectivity index (χ4n) is 3.63. The monoisotopic (exact) mass is 353 g/mol. The fourth-order valence-corrected chi connectivity index (χ4v) is 3.63. The van der Waals surface area contributed by atoms with Crippen molar-refractivity contribution in [2.75, 3.05) is 11.9 Å². The minimum absolute atomic E-state index is 0.217. The summed E-state index contributed by atoms with van der Waals surface area (Å²) in [5.74, 6) is 0.402. The molecule has 0 aliphatic heterocycles. The van der Waals surface area contributed by atoms with Crippen LogP contribution in [0.1, 0.15) is 32.6 Å². The van der Waals surface area contributed by atoms with Gasteiger partial charge in [0.2, 0.25) is 5.95 Å². The van der Waals surface area contributed by atoms with Crippen LogP contribution in [0.25, 0.3) is 16.7 Å². The van der Waals surface area contributed by atoms with Crippen LogP contribution < -0.4 is 10.9 Å². The standard InChI is InChI=1S/C19H23N5O2/c1-19(10-6-5-9-15(19)25)12-20-18-22-16-14(17(26)23-18)11-21-24(16)13-7-3-2-4-8-13/h2-4,7-8,11,15,25H,5-6,9-10,12H2,1H3,(H2,20,22,23,26). The second kappa shape index (κ2) is 6.57. The molecule has 1 saturated carbocycles. The Bertz CT molecular complexity index is 965. The van der Waals surface area contributed by atoms with Gasteiger partial charge in [0.15, 0.2) is 5.65 Å². The second-order valence-corrected chi connectivity index (χ2v) is 7.31. The summed E-state index contributed by atoms with van der Waals surface area (Å²) in [5, 5.41) is 18.3. The van der Waals surface area contributed by atoms with Gasteiger partial charge in [-0.1, -0.05) is 38.0 Å². The molecule has 1 aromatic carbocycles. The molecular formula is C19H23N5O2. The maximum Gasteiger partial charge on any atom is 0.263 e. The van der Waals surface area contributed by atoms with Crippen molar-refractivity contribution in [1.82, 2.24) is 19.7 Å². The van der Waals surface area contributed by atoms with E-state index >= 15 is 0 Å². The third kappa shape index (κ3) is 2.99. The second-order valence-electron chi connectivity index (χ2n) is 7.31. The molecule has 2 unspecified atom stereocenters. The lowest BCUT2D eigenvalue weighted by Gasteiger charge is -2.38. The van der Waals surface area contributed by atoms with Gasteiger partial charge < -0.3 is 10.4 Å². The lowest BCUT2D eigenvalue weighted by Crippen LogP contribution is -2.41. The number of anilines is 1. The third-order valence-corrected chi connectivity index (χ3v) is 5.38. The number of nitrogens with zero attached hydrogens (tertiary/aromatic N) is 3. The van der Waals surface area contributed by atoms with Gasteiger partial charge in [-0.15, -0.1) is 0 Å². The molecule has 2 atom stereocenters. The first kappa shape index (κ1) is 16.8. The number of H-pyrrole nitrogens is 1. The van der Waals surface area contributed by atoms with E-state index in [9.17, 15) is 9.90 Å². The number of aliphatic hydroxyl groups is 1. The lowest BCUT2D eigenvalue weighted by molar-refractivity contribution is 0.00954. The van der Waals surface area contributed by atoms with Gasteiger partial charge >= 0.3 is 0 Å². The van der Waals surface area contributed by atoms with Gasteiger partial charge in [-0.05, 0) is 25.0 Å². The summed E-state index contributed by atoms with van der Waals surface area (Å²) in [6.07, 6.45) is 5.14. The van der Waals surface area contributed by atoms with Gasteiger partial charge in [0.25, 0.3) is 5.56 Å². The summed E-state index contributed by atoms with van der Waals surface area (Å²) in [6.45, 7) is 2.64.